The van der Waals surface area contributed by atoms with E-state index in [2.05, 4.69) is 0 Å². The predicted molar refractivity (Wildman–Crippen MR) is 120 cm³/mol. The Morgan fingerprint density at radius 1 is 1.10 bits per heavy atom. The van der Waals surface area contributed by atoms with Crippen LogP contribution < -0.4 is 4.74 Å². The van der Waals surface area contributed by atoms with Gasteiger partial charge in [-0.3, -0.25) is 14.2 Å². The van der Waals surface area contributed by atoms with E-state index < -0.39 is 5.97 Å². The van der Waals surface area contributed by atoms with Crippen LogP contribution in [0.3, 0.4) is 0 Å². The third kappa shape index (κ3) is 5.29. The molecule has 160 valence electrons. The maximum absolute atomic E-state index is 13.0. The predicted octanol–water partition coefficient (Wildman–Crippen LogP) is 3.95. The van der Waals surface area contributed by atoms with E-state index >= 15 is 0 Å². The third-order valence-corrected chi connectivity index (χ3v) is 4.91. The van der Waals surface area contributed by atoms with Gasteiger partial charge in [-0.05, 0) is 48.4 Å². The molecule has 0 amide bonds. The van der Waals surface area contributed by atoms with Crippen molar-refractivity contribution in [2.24, 2.45) is 0 Å². The molecule has 1 N–H and O–H groups in total. The number of fused-ring (bicyclic) bond motifs is 1. The van der Waals surface area contributed by atoms with Crippen molar-refractivity contribution < 1.29 is 24.2 Å². The summed E-state index contributed by atoms with van der Waals surface area (Å²) in [6.07, 6.45) is 6.39. The van der Waals surface area contributed by atoms with Gasteiger partial charge in [0.25, 0.3) is 5.91 Å². The van der Waals surface area contributed by atoms with Crippen LogP contribution in [0, 0.1) is 6.92 Å². The monoisotopic (exact) mass is 419 g/mol. The average molecular weight is 419 g/mol. The number of esters is 1. The van der Waals surface area contributed by atoms with Crippen molar-refractivity contribution in [1.82, 2.24) is 4.57 Å². The number of methoxy groups -OCH3 is 1. The largest absolute Gasteiger partial charge is 0.497 e. The number of nitrogens with zero attached hydrogens (tertiary/aromatic N) is 1. The minimum absolute atomic E-state index is 0.0190. The van der Waals surface area contributed by atoms with Gasteiger partial charge in [0.2, 0.25) is 0 Å². The fraction of sp³-hybridized carbons (Fsp3) is 0.200. The van der Waals surface area contributed by atoms with Crippen molar-refractivity contribution in [1.29, 1.82) is 0 Å². The van der Waals surface area contributed by atoms with E-state index in [1.807, 2.05) is 49.4 Å². The number of hydrogen-bond donors (Lipinski definition) is 1. The molecule has 3 rings (SSSR count). The number of allylic oxidation sites excluding steroid dienone is 1. The Hall–Kier alpha value is -3.64. The normalized spacial score (nSPS) is 11.5. The summed E-state index contributed by atoms with van der Waals surface area (Å²) in [5.74, 6) is 0.0132. The fourth-order valence-electron chi connectivity index (χ4n) is 3.38. The van der Waals surface area contributed by atoms with Crippen molar-refractivity contribution in [3.63, 3.8) is 0 Å². The third-order valence-electron chi connectivity index (χ3n) is 4.91. The second-order valence-electron chi connectivity index (χ2n) is 6.88. The minimum Gasteiger partial charge on any atom is -0.497 e. The lowest BCUT2D eigenvalue weighted by Crippen LogP contribution is -2.12. The van der Waals surface area contributed by atoms with Gasteiger partial charge in [0, 0.05) is 17.2 Å². The molecule has 3 aromatic rings. The molecule has 6 nitrogen and oxygen atoms in total. The molecule has 0 unspecified atom stereocenters. The van der Waals surface area contributed by atoms with Crippen molar-refractivity contribution in [3.05, 3.63) is 83.6 Å². The maximum Gasteiger partial charge on any atom is 0.310 e. The molecule has 2 aromatic carbocycles. The van der Waals surface area contributed by atoms with Crippen molar-refractivity contribution in [3.8, 4) is 5.75 Å². The highest BCUT2D eigenvalue weighted by Crippen LogP contribution is 2.30. The molecule has 0 aliphatic rings. The van der Waals surface area contributed by atoms with Crippen LogP contribution in [0.1, 0.15) is 21.6 Å². The molecular weight excluding hydrogens is 394 g/mol. The van der Waals surface area contributed by atoms with Gasteiger partial charge in [0.15, 0.2) is 0 Å². The zero-order chi connectivity index (χ0) is 22.2. The van der Waals surface area contributed by atoms with Gasteiger partial charge in [-0.1, -0.05) is 36.4 Å². The number of aliphatic hydroxyl groups excluding tert-OH is 1. The Balaban J connectivity index is 1.95. The molecule has 6 heteroatoms. The van der Waals surface area contributed by atoms with E-state index in [9.17, 15) is 9.59 Å². The number of aromatic nitrogens is 1. The molecular formula is C25H25NO5. The van der Waals surface area contributed by atoms with Crippen molar-refractivity contribution in [2.75, 3.05) is 20.3 Å². The first-order valence-corrected chi connectivity index (χ1v) is 9.92. The van der Waals surface area contributed by atoms with Crippen molar-refractivity contribution in [2.45, 2.75) is 13.3 Å². The first kappa shape index (κ1) is 22.1. The molecule has 1 heterocycles. The second-order valence-corrected chi connectivity index (χ2v) is 6.88. The summed E-state index contributed by atoms with van der Waals surface area (Å²) in [6.45, 7) is 1.79. The van der Waals surface area contributed by atoms with Crippen LogP contribution in [0.2, 0.25) is 0 Å². The quantitative estimate of drug-likeness (QED) is 0.340. The average Bonchev–Trinajstić information content (AvgIpc) is 3.06. The smallest absolute Gasteiger partial charge is 0.310 e. The standard InChI is InChI=1S/C25H25NO5/c1-18-21(17-25(29)31-15-7-6-14-27)22-16-20(30-2)11-12-23(22)26(18)24(28)13-10-19-8-4-3-5-9-19/h3-13,16,27H,14-15,17H2,1-2H3/b7-6+,13-10+. The Bertz CT molecular complexity index is 1130. The molecule has 1 aromatic heterocycles. The lowest BCUT2D eigenvalue weighted by Gasteiger charge is -2.05. The topological polar surface area (TPSA) is 77.8 Å². The molecule has 31 heavy (non-hydrogen) atoms. The summed E-state index contributed by atoms with van der Waals surface area (Å²) in [7, 11) is 1.57. The minimum atomic E-state index is -0.417. The highest BCUT2D eigenvalue weighted by atomic mass is 16.5. The van der Waals surface area contributed by atoms with E-state index in [1.165, 1.54) is 12.2 Å². The number of benzene rings is 2. The molecule has 0 spiro atoms. The number of carbonyl (C=O) groups is 2. The Morgan fingerprint density at radius 3 is 2.58 bits per heavy atom. The van der Waals surface area contributed by atoms with Crippen molar-refractivity contribution >= 4 is 28.9 Å². The number of rotatable bonds is 8. The van der Waals surface area contributed by atoms with Gasteiger partial charge < -0.3 is 14.6 Å². The molecule has 0 saturated carbocycles. The molecule has 0 fully saturated rings. The van der Waals surface area contributed by atoms with E-state index in [1.54, 1.807) is 29.9 Å². The van der Waals surface area contributed by atoms with E-state index in [0.29, 0.717) is 22.5 Å². The number of hydrogen-bond acceptors (Lipinski definition) is 5. The van der Waals surface area contributed by atoms with E-state index in [0.717, 1.165) is 10.9 Å². The van der Waals surface area contributed by atoms with E-state index in [-0.39, 0.29) is 25.5 Å². The molecule has 0 atom stereocenters. The highest BCUT2D eigenvalue weighted by molar-refractivity contribution is 6.03. The molecule has 0 radical (unpaired) electrons. The lowest BCUT2D eigenvalue weighted by molar-refractivity contribution is -0.141. The summed E-state index contributed by atoms with van der Waals surface area (Å²) in [6, 6.07) is 15.0. The van der Waals surface area contributed by atoms with Gasteiger partial charge in [-0.15, -0.1) is 0 Å². The first-order valence-electron chi connectivity index (χ1n) is 9.92. The van der Waals surface area contributed by atoms with Gasteiger partial charge in [-0.25, -0.2) is 0 Å². The summed E-state index contributed by atoms with van der Waals surface area (Å²) >= 11 is 0. The van der Waals surface area contributed by atoms with Gasteiger partial charge in [0.1, 0.15) is 12.4 Å². The van der Waals surface area contributed by atoms with Gasteiger partial charge >= 0.3 is 5.97 Å². The molecule has 0 bridgehead atoms. The first-order chi connectivity index (χ1) is 15.0. The van der Waals surface area contributed by atoms with Crippen LogP contribution in [0.5, 0.6) is 5.75 Å². The SMILES string of the molecule is COc1ccc2c(c1)c(CC(=O)OC/C=C/CO)c(C)n2C(=O)/C=C/c1ccccc1. The fourth-order valence-corrected chi connectivity index (χ4v) is 3.38. The lowest BCUT2D eigenvalue weighted by atomic mass is 10.1. The van der Waals surface area contributed by atoms with Crippen LogP contribution in [0.4, 0.5) is 0 Å². The number of carbonyl (C=O) groups excluding carboxylic acids is 2. The van der Waals surface area contributed by atoms with Crippen LogP contribution in [0.25, 0.3) is 17.0 Å². The Labute approximate surface area is 181 Å². The van der Waals surface area contributed by atoms with Crippen LogP contribution in [-0.2, 0) is 16.0 Å². The Morgan fingerprint density at radius 2 is 1.87 bits per heavy atom. The summed E-state index contributed by atoms with van der Waals surface area (Å²) < 4.78 is 12.1. The Kier molecular flexibility index (Phi) is 7.40. The van der Waals surface area contributed by atoms with Crippen LogP contribution in [-0.4, -0.2) is 41.9 Å². The van der Waals surface area contributed by atoms with Gasteiger partial charge in [-0.2, -0.15) is 0 Å². The number of ether oxygens (including phenoxy) is 2. The second kappa shape index (κ2) is 10.4. The number of aliphatic hydroxyl groups is 1. The summed E-state index contributed by atoms with van der Waals surface area (Å²) in [5, 5.41) is 9.53. The molecule has 0 saturated heterocycles. The zero-order valence-corrected chi connectivity index (χ0v) is 17.6. The van der Waals surface area contributed by atoms with Gasteiger partial charge in [0.05, 0.1) is 25.7 Å². The molecule has 0 aliphatic carbocycles. The maximum atomic E-state index is 13.0. The summed E-state index contributed by atoms with van der Waals surface area (Å²) in [5.41, 5.74) is 3.01. The zero-order valence-electron chi connectivity index (χ0n) is 17.6. The molecule has 0 aliphatic heterocycles. The van der Waals surface area contributed by atoms with Crippen LogP contribution in [0.15, 0.2) is 66.8 Å². The van der Waals surface area contributed by atoms with Crippen LogP contribution >= 0.6 is 0 Å². The summed E-state index contributed by atoms with van der Waals surface area (Å²) in [4.78, 5) is 25.4. The highest BCUT2D eigenvalue weighted by Gasteiger charge is 2.20. The van der Waals surface area contributed by atoms with E-state index in [4.69, 9.17) is 14.6 Å².